The zero-order valence-electron chi connectivity index (χ0n) is 21.8. The summed E-state index contributed by atoms with van der Waals surface area (Å²) in [6, 6.07) is 12.9. The van der Waals surface area contributed by atoms with E-state index in [9.17, 15) is 18.0 Å². The smallest absolute Gasteiger partial charge is 0.383 e. The van der Waals surface area contributed by atoms with E-state index in [-0.39, 0.29) is 17.7 Å². The Morgan fingerprint density at radius 3 is 2.50 bits per heavy atom. The largest absolute Gasteiger partial charge is 0.416 e. The fraction of sp³-hybridized carbons (Fsp3) is 0.233. The molecule has 1 amide bonds. The number of benzene rings is 2. The van der Waals surface area contributed by atoms with E-state index >= 15 is 0 Å². The molecule has 204 valence electrons. The molecule has 1 aliphatic heterocycles. The summed E-state index contributed by atoms with van der Waals surface area (Å²) in [7, 11) is 1.99. The van der Waals surface area contributed by atoms with E-state index in [1.165, 1.54) is 24.5 Å². The van der Waals surface area contributed by atoms with Crippen LogP contribution in [0.15, 0.2) is 67.1 Å². The summed E-state index contributed by atoms with van der Waals surface area (Å²) in [6.07, 6.45) is -0.0497. The molecular weight excluding hydrogens is 517 g/mol. The van der Waals surface area contributed by atoms with Crippen LogP contribution in [0.1, 0.15) is 32.6 Å². The average molecular weight is 545 g/mol. The number of rotatable bonds is 4. The highest BCUT2D eigenvalue weighted by Crippen LogP contribution is 2.34. The lowest BCUT2D eigenvalue weighted by Crippen LogP contribution is -2.44. The van der Waals surface area contributed by atoms with E-state index in [0.29, 0.717) is 35.7 Å². The fourth-order valence-corrected chi connectivity index (χ4v) is 4.60. The van der Waals surface area contributed by atoms with E-state index < -0.39 is 17.6 Å². The van der Waals surface area contributed by atoms with Gasteiger partial charge in [-0.2, -0.15) is 13.2 Å². The number of hydrogen-bond donors (Lipinski definition) is 2. The number of anilines is 2. The van der Waals surface area contributed by atoms with Crippen molar-refractivity contribution in [3.05, 3.63) is 94.9 Å². The maximum atomic E-state index is 13.9. The normalized spacial score (nSPS) is 14.5. The minimum atomic E-state index is -4.59. The highest BCUT2D eigenvalue weighted by atomic mass is 19.4. The SMILES string of the molecule is CN1CCN(Cc2ccc(C(=O)Nc3cncc(C#Cc4cnc(N)c5ccccc45)c3)cc2C(F)(F)F)CC1. The number of nitrogens with zero attached hydrogens (tertiary/aromatic N) is 4. The zero-order chi connectivity index (χ0) is 28.3. The fourth-order valence-electron chi connectivity index (χ4n) is 4.60. The van der Waals surface area contributed by atoms with Crippen LogP contribution in [0.3, 0.4) is 0 Å². The van der Waals surface area contributed by atoms with Crippen LogP contribution in [0.4, 0.5) is 24.7 Å². The van der Waals surface area contributed by atoms with Gasteiger partial charge in [-0.1, -0.05) is 42.2 Å². The molecule has 0 radical (unpaired) electrons. The van der Waals surface area contributed by atoms with E-state index in [1.807, 2.05) is 36.2 Å². The van der Waals surface area contributed by atoms with E-state index in [4.69, 9.17) is 5.73 Å². The van der Waals surface area contributed by atoms with Gasteiger partial charge in [-0.25, -0.2) is 4.98 Å². The van der Waals surface area contributed by atoms with Crippen LogP contribution in [0.2, 0.25) is 0 Å². The predicted molar refractivity (Wildman–Crippen MR) is 149 cm³/mol. The molecule has 4 aromatic rings. The summed E-state index contributed by atoms with van der Waals surface area (Å²) in [4.78, 5) is 25.4. The summed E-state index contributed by atoms with van der Waals surface area (Å²) >= 11 is 0. The van der Waals surface area contributed by atoms with Crippen LogP contribution in [0.5, 0.6) is 0 Å². The lowest BCUT2D eigenvalue weighted by atomic mass is 10.0. The van der Waals surface area contributed by atoms with Crippen molar-refractivity contribution in [2.75, 3.05) is 44.3 Å². The Hall–Kier alpha value is -4.46. The average Bonchev–Trinajstić information content (AvgIpc) is 2.94. The maximum Gasteiger partial charge on any atom is 0.416 e. The topological polar surface area (TPSA) is 87.4 Å². The molecule has 2 aromatic heterocycles. The number of piperazine rings is 1. The van der Waals surface area contributed by atoms with Gasteiger partial charge in [0.1, 0.15) is 5.82 Å². The van der Waals surface area contributed by atoms with Crippen molar-refractivity contribution in [1.29, 1.82) is 0 Å². The number of aromatic nitrogens is 2. The predicted octanol–water partition coefficient (Wildman–Crippen LogP) is 4.63. The zero-order valence-corrected chi connectivity index (χ0v) is 21.8. The number of hydrogen-bond acceptors (Lipinski definition) is 6. The van der Waals surface area contributed by atoms with Crippen LogP contribution in [-0.2, 0) is 12.7 Å². The van der Waals surface area contributed by atoms with Crippen LogP contribution in [0.25, 0.3) is 10.8 Å². The number of pyridine rings is 2. The third-order valence-corrected chi connectivity index (χ3v) is 6.83. The second kappa shape index (κ2) is 11.3. The van der Waals surface area contributed by atoms with Crippen molar-refractivity contribution >= 4 is 28.2 Å². The second-order valence-electron chi connectivity index (χ2n) is 9.72. The molecule has 40 heavy (non-hydrogen) atoms. The lowest BCUT2D eigenvalue weighted by molar-refractivity contribution is -0.138. The van der Waals surface area contributed by atoms with Crippen molar-refractivity contribution in [2.45, 2.75) is 12.7 Å². The van der Waals surface area contributed by atoms with Crippen LogP contribution in [0, 0.1) is 11.8 Å². The first kappa shape index (κ1) is 27.1. The van der Waals surface area contributed by atoms with Gasteiger partial charge in [0.15, 0.2) is 0 Å². The molecule has 10 heteroatoms. The molecule has 1 aliphatic rings. The molecule has 0 saturated carbocycles. The van der Waals surface area contributed by atoms with Gasteiger partial charge in [-0.05, 0) is 30.8 Å². The van der Waals surface area contributed by atoms with Gasteiger partial charge in [0.25, 0.3) is 5.91 Å². The molecule has 2 aromatic carbocycles. The van der Waals surface area contributed by atoms with Crippen LogP contribution < -0.4 is 11.1 Å². The third-order valence-electron chi connectivity index (χ3n) is 6.83. The molecule has 0 unspecified atom stereocenters. The third kappa shape index (κ3) is 6.22. The Balaban J connectivity index is 1.34. The Labute approximate surface area is 229 Å². The number of nitrogens with two attached hydrogens (primary N) is 1. The molecule has 0 atom stereocenters. The number of carbonyl (C=O) groups excluding carboxylic acids is 1. The standard InChI is InChI=1S/C30H27F3N6O/c1-38-10-12-39(13-11-38)19-23-9-8-21(15-27(23)30(31,32)33)29(40)37-24-14-20(16-35-18-24)6-7-22-17-36-28(34)26-5-3-2-4-25(22)26/h2-5,8-9,14-18H,10-13,19H2,1H3,(H2,34,36)(H,37,40). The Bertz CT molecular complexity index is 1620. The Kier molecular flexibility index (Phi) is 7.69. The summed E-state index contributed by atoms with van der Waals surface area (Å²) < 4.78 is 41.8. The quantitative estimate of drug-likeness (QED) is 0.365. The number of nitrogens with one attached hydrogen (secondary N) is 1. The Morgan fingerprint density at radius 2 is 1.75 bits per heavy atom. The van der Waals surface area contributed by atoms with Gasteiger partial charge in [0.05, 0.1) is 23.0 Å². The number of fused-ring (bicyclic) bond motifs is 1. The molecule has 3 N–H and O–H groups in total. The van der Waals surface area contributed by atoms with Gasteiger partial charge in [0, 0.05) is 67.0 Å². The molecule has 7 nitrogen and oxygen atoms in total. The van der Waals surface area contributed by atoms with Gasteiger partial charge < -0.3 is 16.0 Å². The number of halogens is 3. The molecule has 3 heterocycles. The first-order valence-corrected chi connectivity index (χ1v) is 12.7. The van der Waals surface area contributed by atoms with Crippen LogP contribution in [-0.4, -0.2) is 58.9 Å². The highest BCUT2D eigenvalue weighted by Gasteiger charge is 2.34. The first-order chi connectivity index (χ1) is 19.2. The molecule has 0 bridgehead atoms. The van der Waals surface area contributed by atoms with E-state index in [1.54, 1.807) is 12.3 Å². The number of amides is 1. The van der Waals surface area contributed by atoms with E-state index in [0.717, 1.165) is 29.9 Å². The summed E-state index contributed by atoms with van der Waals surface area (Å²) in [5.41, 5.74) is 6.71. The first-order valence-electron chi connectivity index (χ1n) is 12.7. The summed E-state index contributed by atoms with van der Waals surface area (Å²) in [5.74, 6) is 5.80. The minimum Gasteiger partial charge on any atom is -0.383 e. The van der Waals surface area contributed by atoms with Gasteiger partial charge in [-0.3, -0.25) is 14.7 Å². The van der Waals surface area contributed by atoms with Crippen molar-refractivity contribution < 1.29 is 18.0 Å². The summed E-state index contributed by atoms with van der Waals surface area (Å²) in [5, 5.41) is 4.29. The molecule has 1 fully saturated rings. The van der Waals surface area contributed by atoms with Gasteiger partial charge >= 0.3 is 6.18 Å². The van der Waals surface area contributed by atoms with Gasteiger partial charge in [0.2, 0.25) is 0 Å². The number of likely N-dealkylation sites (N-methyl/N-ethyl adjacent to an activating group) is 1. The molecule has 0 aliphatic carbocycles. The molecule has 1 saturated heterocycles. The van der Waals surface area contributed by atoms with Gasteiger partial charge in [-0.15, -0.1) is 0 Å². The van der Waals surface area contributed by atoms with Crippen molar-refractivity contribution in [1.82, 2.24) is 19.8 Å². The highest BCUT2D eigenvalue weighted by molar-refractivity contribution is 6.04. The number of alkyl halides is 3. The number of carbonyl (C=O) groups is 1. The maximum absolute atomic E-state index is 13.9. The molecule has 5 rings (SSSR count). The lowest BCUT2D eigenvalue weighted by Gasteiger charge is -2.33. The van der Waals surface area contributed by atoms with E-state index in [2.05, 4.69) is 32.0 Å². The number of nitrogen functional groups attached to an aromatic ring is 1. The van der Waals surface area contributed by atoms with Crippen molar-refractivity contribution in [3.8, 4) is 11.8 Å². The minimum absolute atomic E-state index is 0.0923. The second-order valence-corrected chi connectivity index (χ2v) is 9.72. The van der Waals surface area contributed by atoms with Crippen LogP contribution >= 0.6 is 0 Å². The summed E-state index contributed by atoms with van der Waals surface area (Å²) in [6.45, 7) is 3.15. The molecule has 0 spiro atoms. The Morgan fingerprint density at radius 1 is 1.00 bits per heavy atom. The molecular formula is C30H27F3N6O. The monoisotopic (exact) mass is 544 g/mol. The van der Waals surface area contributed by atoms with Crippen molar-refractivity contribution in [2.24, 2.45) is 0 Å². The van der Waals surface area contributed by atoms with Crippen molar-refractivity contribution in [3.63, 3.8) is 0 Å².